The third-order valence-electron chi connectivity index (χ3n) is 4.05. The van der Waals surface area contributed by atoms with Crippen LogP contribution in [0.15, 0.2) is 23.2 Å². The fourth-order valence-electron chi connectivity index (χ4n) is 2.77. The average Bonchev–Trinajstić information content (AvgIpc) is 3.15. The van der Waals surface area contributed by atoms with Crippen LogP contribution in [-0.2, 0) is 13.1 Å². The van der Waals surface area contributed by atoms with Crippen molar-refractivity contribution in [2.75, 3.05) is 26.2 Å². The van der Waals surface area contributed by atoms with Crippen molar-refractivity contribution in [3.8, 4) is 0 Å². The number of aryl methyl sites for hydroxylation is 1. The van der Waals surface area contributed by atoms with Gasteiger partial charge in [-0.2, -0.15) is 11.3 Å². The van der Waals surface area contributed by atoms with Crippen LogP contribution in [0.3, 0.4) is 0 Å². The summed E-state index contributed by atoms with van der Waals surface area (Å²) in [6, 6.07) is 1.90. The van der Waals surface area contributed by atoms with E-state index in [2.05, 4.69) is 26.6 Å². The number of hydrogen-bond donors (Lipinski definition) is 0. The van der Waals surface area contributed by atoms with E-state index in [1.807, 2.05) is 21.7 Å². The van der Waals surface area contributed by atoms with Gasteiger partial charge in [0.25, 0.3) is 5.91 Å². The van der Waals surface area contributed by atoms with E-state index in [9.17, 15) is 4.79 Å². The molecule has 0 aromatic carbocycles. The third-order valence-corrected chi connectivity index (χ3v) is 4.73. The lowest BCUT2D eigenvalue weighted by Gasteiger charge is -2.21. The van der Waals surface area contributed by atoms with Gasteiger partial charge in [-0.1, -0.05) is 0 Å². The number of carbonyl (C=O) groups excluding carboxylic acids is 1. The molecule has 2 aromatic rings. The van der Waals surface area contributed by atoms with E-state index in [0.717, 1.165) is 57.1 Å². The van der Waals surface area contributed by atoms with Crippen LogP contribution in [0.5, 0.6) is 0 Å². The highest BCUT2D eigenvalue weighted by Gasteiger charge is 2.21. The molecule has 1 aliphatic rings. The largest absolute Gasteiger partial charge is 0.337 e. The summed E-state index contributed by atoms with van der Waals surface area (Å²) in [6.07, 6.45) is 2.77. The Hall–Kier alpha value is -1.73. The van der Waals surface area contributed by atoms with Crippen LogP contribution in [0.2, 0.25) is 0 Å². The molecule has 1 fully saturated rings. The molecule has 3 heterocycles. The molecule has 22 heavy (non-hydrogen) atoms. The third kappa shape index (κ3) is 3.36. The quantitative estimate of drug-likeness (QED) is 0.861. The van der Waals surface area contributed by atoms with E-state index in [-0.39, 0.29) is 5.91 Å². The summed E-state index contributed by atoms with van der Waals surface area (Å²) in [5.74, 6) is 1.15. The molecule has 0 spiro atoms. The standard InChI is InChI=1S/C15H21N5OS/c1-2-19-12-16-17-14(19)10-18-5-3-6-20(8-7-18)15(21)13-4-9-22-11-13/h4,9,11-12H,2-3,5-8,10H2,1H3. The van der Waals surface area contributed by atoms with Gasteiger partial charge in [0.1, 0.15) is 12.2 Å². The van der Waals surface area contributed by atoms with Gasteiger partial charge in [0.15, 0.2) is 0 Å². The van der Waals surface area contributed by atoms with Gasteiger partial charge in [0.2, 0.25) is 0 Å². The van der Waals surface area contributed by atoms with E-state index in [1.165, 1.54) is 0 Å². The Labute approximate surface area is 134 Å². The highest BCUT2D eigenvalue weighted by Crippen LogP contribution is 2.13. The first-order valence-corrected chi connectivity index (χ1v) is 8.62. The zero-order valence-electron chi connectivity index (χ0n) is 12.8. The van der Waals surface area contributed by atoms with E-state index >= 15 is 0 Å². The summed E-state index contributed by atoms with van der Waals surface area (Å²) in [6.45, 7) is 7.25. The normalized spacial score (nSPS) is 16.7. The predicted octanol–water partition coefficient (Wildman–Crippen LogP) is 1.71. The van der Waals surface area contributed by atoms with Gasteiger partial charge in [-0.25, -0.2) is 0 Å². The molecule has 0 atom stereocenters. The highest BCUT2D eigenvalue weighted by molar-refractivity contribution is 7.08. The first-order valence-electron chi connectivity index (χ1n) is 7.68. The first-order chi connectivity index (χ1) is 10.8. The van der Waals surface area contributed by atoms with Crippen LogP contribution in [0.1, 0.15) is 29.5 Å². The molecule has 0 bridgehead atoms. The van der Waals surface area contributed by atoms with E-state index in [4.69, 9.17) is 0 Å². The zero-order chi connectivity index (χ0) is 15.4. The lowest BCUT2D eigenvalue weighted by atomic mass is 10.3. The Morgan fingerprint density at radius 3 is 3.00 bits per heavy atom. The lowest BCUT2D eigenvalue weighted by Crippen LogP contribution is -2.35. The van der Waals surface area contributed by atoms with Crippen LogP contribution in [-0.4, -0.2) is 56.7 Å². The van der Waals surface area contributed by atoms with Crippen molar-refractivity contribution in [3.05, 3.63) is 34.5 Å². The lowest BCUT2D eigenvalue weighted by molar-refractivity contribution is 0.0761. The zero-order valence-corrected chi connectivity index (χ0v) is 13.6. The fraction of sp³-hybridized carbons (Fsp3) is 0.533. The van der Waals surface area contributed by atoms with Gasteiger partial charge in [-0.05, 0) is 24.8 Å². The van der Waals surface area contributed by atoms with Crippen molar-refractivity contribution in [3.63, 3.8) is 0 Å². The summed E-state index contributed by atoms with van der Waals surface area (Å²) in [4.78, 5) is 16.7. The number of amides is 1. The van der Waals surface area contributed by atoms with Crippen molar-refractivity contribution < 1.29 is 4.79 Å². The Kier molecular flexibility index (Phi) is 4.84. The molecular formula is C15H21N5OS. The second-order valence-electron chi connectivity index (χ2n) is 5.47. The van der Waals surface area contributed by atoms with Gasteiger partial charge < -0.3 is 9.47 Å². The molecule has 0 aliphatic carbocycles. The van der Waals surface area contributed by atoms with Crippen LogP contribution >= 0.6 is 11.3 Å². The molecule has 0 unspecified atom stereocenters. The smallest absolute Gasteiger partial charge is 0.254 e. The van der Waals surface area contributed by atoms with E-state index in [1.54, 1.807) is 17.7 Å². The number of rotatable bonds is 4. The number of thiophene rings is 1. The van der Waals surface area contributed by atoms with Crippen molar-refractivity contribution >= 4 is 17.2 Å². The SMILES string of the molecule is CCn1cnnc1CN1CCCN(C(=O)c2ccsc2)CC1. The second-order valence-corrected chi connectivity index (χ2v) is 6.25. The molecule has 3 rings (SSSR count). The molecular weight excluding hydrogens is 298 g/mol. The molecule has 7 heteroatoms. The van der Waals surface area contributed by atoms with Gasteiger partial charge in [-0.3, -0.25) is 9.69 Å². The summed E-state index contributed by atoms with van der Waals surface area (Å²) in [5, 5.41) is 12.1. The first kappa shape index (κ1) is 15.2. The minimum absolute atomic E-state index is 0.153. The van der Waals surface area contributed by atoms with Crippen molar-refractivity contribution in [2.24, 2.45) is 0 Å². The Bertz CT molecular complexity index is 609. The van der Waals surface area contributed by atoms with Crippen LogP contribution in [0.4, 0.5) is 0 Å². The number of aromatic nitrogens is 3. The van der Waals surface area contributed by atoms with Crippen molar-refractivity contribution in [1.29, 1.82) is 0 Å². The maximum absolute atomic E-state index is 12.4. The van der Waals surface area contributed by atoms with Crippen LogP contribution in [0, 0.1) is 0 Å². The fourth-order valence-corrected chi connectivity index (χ4v) is 3.40. The van der Waals surface area contributed by atoms with Gasteiger partial charge in [0.05, 0.1) is 12.1 Å². The average molecular weight is 319 g/mol. The van der Waals surface area contributed by atoms with Crippen molar-refractivity contribution in [2.45, 2.75) is 26.4 Å². The Morgan fingerprint density at radius 1 is 1.32 bits per heavy atom. The summed E-state index contributed by atoms with van der Waals surface area (Å²) < 4.78 is 2.07. The minimum Gasteiger partial charge on any atom is -0.337 e. The molecule has 1 aliphatic heterocycles. The number of hydrogen-bond acceptors (Lipinski definition) is 5. The minimum atomic E-state index is 0.153. The maximum atomic E-state index is 12.4. The van der Waals surface area contributed by atoms with Crippen LogP contribution in [0.25, 0.3) is 0 Å². The molecule has 6 nitrogen and oxygen atoms in total. The molecule has 0 saturated carbocycles. The maximum Gasteiger partial charge on any atom is 0.254 e. The topological polar surface area (TPSA) is 54.3 Å². The summed E-state index contributed by atoms with van der Waals surface area (Å²) in [7, 11) is 0. The molecule has 2 aromatic heterocycles. The Morgan fingerprint density at radius 2 is 2.23 bits per heavy atom. The van der Waals surface area contributed by atoms with Gasteiger partial charge in [-0.15, -0.1) is 10.2 Å². The highest BCUT2D eigenvalue weighted by atomic mass is 32.1. The van der Waals surface area contributed by atoms with Crippen molar-refractivity contribution in [1.82, 2.24) is 24.6 Å². The number of nitrogens with zero attached hydrogens (tertiary/aromatic N) is 5. The molecule has 0 radical (unpaired) electrons. The predicted molar refractivity (Wildman–Crippen MR) is 85.8 cm³/mol. The van der Waals surface area contributed by atoms with Gasteiger partial charge in [0, 0.05) is 38.1 Å². The summed E-state index contributed by atoms with van der Waals surface area (Å²) in [5.41, 5.74) is 0.809. The Balaban J connectivity index is 1.59. The molecule has 0 N–H and O–H groups in total. The van der Waals surface area contributed by atoms with E-state index in [0.29, 0.717) is 0 Å². The summed E-state index contributed by atoms with van der Waals surface area (Å²) >= 11 is 1.57. The molecule has 1 amide bonds. The second kappa shape index (κ2) is 7.02. The number of carbonyl (C=O) groups is 1. The molecule has 1 saturated heterocycles. The van der Waals surface area contributed by atoms with E-state index < -0.39 is 0 Å². The van der Waals surface area contributed by atoms with Crippen LogP contribution < -0.4 is 0 Å². The van der Waals surface area contributed by atoms with Gasteiger partial charge >= 0.3 is 0 Å². The monoisotopic (exact) mass is 319 g/mol. The molecule has 118 valence electrons.